The Kier molecular flexibility index (Phi) is 19.5. The van der Waals surface area contributed by atoms with Crippen LogP contribution in [0.15, 0.2) is 0 Å². The Bertz CT molecular complexity index is 360. The Morgan fingerprint density at radius 2 is 1.17 bits per heavy atom. The van der Waals surface area contributed by atoms with Crippen molar-refractivity contribution < 1.29 is 47.6 Å². The second-order valence-electron chi connectivity index (χ2n) is 6.86. The van der Waals surface area contributed by atoms with Gasteiger partial charge in [0, 0.05) is 5.25 Å². The van der Waals surface area contributed by atoms with E-state index in [4.69, 9.17) is 0 Å². The summed E-state index contributed by atoms with van der Waals surface area (Å²) >= 11 is 0. The number of aliphatic hydroxyl groups excluding tert-OH is 1. The van der Waals surface area contributed by atoms with E-state index in [1.165, 1.54) is 45.4 Å². The quantitative estimate of drug-likeness (QED) is 0.254. The molecule has 0 fully saturated rings. The van der Waals surface area contributed by atoms with Crippen LogP contribution in [0.5, 0.6) is 0 Å². The minimum absolute atomic E-state index is 0. The topological polar surface area (TPSA) is 77.4 Å². The molecule has 0 saturated carbocycles. The molecule has 6 heteroatoms. The van der Waals surface area contributed by atoms with Crippen molar-refractivity contribution in [3.8, 4) is 0 Å². The summed E-state index contributed by atoms with van der Waals surface area (Å²) in [5, 5.41) is 9.07. The normalized spacial score (nSPS) is 14.2. The fourth-order valence-electron chi connectivity index (χ4n) is 2.79. The van der Waals surface area contributed by atoms with Gasteiger partial charge in [-0.25, -0.2) is 8.42 Å². The Labute approximate surface area is 172 Å². The van der Waals surface area contributed by atoms with Crippen LogP contribution < -0.4 is 29.6 Å². The first-order valence-electron chi connectivity index (χ1n) is 9.50. The molecule has 0 aliphatic carbocycles. The Hall–Kier alpha value is 0.870. The molecule has 0 saturated heterocycles. The number of hydrogen-bond acceptors (Lipinski definition) is 4. The molecule has 0 radical (unpaired) electrons. The maximum atomic E-state index is 10.7. The third kappa shape index (κ3) is 17.7. The standard InChI is InChI=1S/C18H38O4S.Na/c1-3-4-11-15-18(19)16-13-10-8-6-5-7-9-12-14-17(2)23(20,21)22;/h17-19H,3-16H2,1-2H3,(H,20,21,22);/q;+1/p-1. The van der Waals surface area contributed by atoms with Gasteiger partial charge in [0.2, 0.25) is 0 Å². The van der Waals surface area contributed by atoms with Crippen LogP contribution in [0.4, 0.5) is 0 Å². The van der Waals surface area contributed by atoms with Gasteiger partial charge in [-0.3, -0.25) is 0 Å². The molecule has 1 N–H and O–H groups in total. The molecule has 0 spiro atoms. The van der Waals surface area contributed by atoms with E-state index in [1.807, 2.05) is 0 Å². The zero-order valence-electron chi connectivity index (χ0n) is 16.1. The summed E-state index contributed by atoms with van der Waals surface area (Å²) in [6.07, 6.45) is 14.7. The Morgan fingerprint density at radius 3 is 1.58 bits per heavy atom. The van der Waals surface area contributed by atoms with E-state index in [9.17, 15) is 18.1 Å². The number of aliphatic hydroxyl groups is 1. The number of hydrogen-bond donors (Lipinski definition) is 1. The van der Waals surface area contributed by atoms with Crippen LogP contribution in [0, 0.1) is 0 Å². The van der Waals surface area contributed by atoms with Gasteiger partial charge in [0.1, 0.15) is 0 Å². The average Bonchev–Trinajstić information content (AvgIpc) is 2.48. The van der Waals surface area contributed by atoms with Crippen molar-refractivity contribution in [2.45, 2.75) is 115 Å². The Balaban J connectivity index is 0. The summed E-state index contributed by atoms with van der Waals surface area (Å²) in [5.41, 5.74) is 0. The second-order valence-corrected chi connectivity index (χ2v) is 8.65. The fourth-order valence-corrected chi connectivity index (χ4v) is 3.25. The van der Waals surface area contributed by atoms with E-state index in [2.05, 4.69) is 6.92 Å². The van der Waals surface area contributed by atoms with E-state index in [1.54, 1.807) is 0 Å². The maximum absolute atomic E-state index is 10.7. The van der Waals surface area contributed by atoms with Gasteiger partial charge in [0.25, 0.3) is 0 Å². The van der Waals surface area contributed by atoms with Crippen molar-refractivity contribution in [1.29, 1.82) is 0 Å². The minimum atomic E-state index is -4.10. The summed E-state index contributed by atoms with van der Waals surface area (Å²) in [6, 6.07) is 0. The summed E-state index contributed by atoms with van der Waals surface area (Å²) < 4.78 is 32.2. The zero-order chi connectivity index (χ0) is 17.6. The van der Waals surface area contributed by atoms with E-state index in [0.29, 0.717) is 6.42 Å². The van der Waals surface area contributed by atoms with Crippen molar-refractivity contribution in [1.82, 2.24) is 0 Å². The van der Waals surface area contributed by atoms with Crippen LogP contribution in [0.1, 0.15) is 104 Å². The van der Waals surface area contributed by atoms with Gasteiger partial charge in [0.05, 0.1) is 16.2 Å². The molecular formula is C18H37NaO4S. The molecule has 0 heterocycles. The molecule has 0 aromatic carbocycles. The van der Waals surface area contributed by atoms with E-state index >= 15 is 0 Å². The van der Waals surface area contributed by atoms with Crippen molar-refractivity contribution in [2.75, 3.05) is 0 Å². The van der Waals surface area contributed by atoms with Gasteiger partial charge < -0.3 is 9.66 Å². The van der Waals surface area contributed by atoms with Crippen LogP contribution in [0.3, 0.4) is 0 Å². The number of unbranched alkanes of at least 4 members (excludes halogenated alkanes) is 9. The van der Waals surface area contributed by atoms with Crippen LogP contribution in [-0.4, -0.2) is 29.4 Å². The molecular weight excluding hydrogens is 335 g/mol. The third-order valence-corrected chi connectivity index (χ3v) is 5.75. The zero-order valence-corrected chi connectivity index (χ0v) is 19.0. The largest absolute Gasteiger partial charge is 1.00 e. The SMILES string of the molecule is CCCCCC(O)CCCCCCCCCCC(C)S(=O)(=O)[O-].[Na+]. The van der Waals surface area contributed by atoms with Gasteiger partial charge in [-0.2, -0.15) is 0 Å². The first-order valence-corrected chi connectivity index (χ1v) is 11.0. The molecule has 4 nitrogen and oxygen atoms in total. The molecule has 0 aromatic rings. The predicted octanol–water partition coefficient (Wildman–Crippen LogP) is 1.77. The summed E-state index contributed by atoms with van der Waals surface area (Å²) in [6.45, 7) is 3.68. The van der Waals surface area contributed by atoms with Gasteiger partial charge in [0.15, 0.2) is 0 Å². The minimum Gasteiger partial charge on any atom is -0.748 e. The molecule has 2 atom stereocenters. The first-order chi connectivity index (χ1) is 10.9. The second kappa shape index (κ2) is 17.3. The maximum Gasteiger partial charge on any atom is 1.00 e. The molecule has 0 amide bonds. The van der Waals surface area contributed by atoms with E-state index < -0.39 is 15.4 Å². The summed E-state index contributed by atoms with van der Waals surface area (Å²) in [7, 11) is -4.10. The summed E-state index contributed by atoms with van der Waals surface area (Å²) in [4.78, 5) is 0. The fraction of sp³-hybridized carbons (Fsp3) is 1.00. The molecule has 0 aliphatic rings. The molecule has 0 aliphatic heterocycles. The van der Waals surface area contributed by atoms with Gasteiger partial charge in [-0.15, -0.1) is 0 Å². The molecule has 140 valence electrons. The Morgan fingerprint density at radius 1 is 0.792 bits per heavy atom. The van der Waals surface area contributed by atoms with Crippen molar-refractivity contribution in [3.05, 3.63) is 0 Å². The average molecular weight is 373 g/mol. The monoisotopic (exact) mass is 372 g/mol. The van der Waals surface area contributed by atoms with Gasteiger partial charge in [-0.05, 0) is 26.2 Å². The third-order valence-electron chi connectivity index (χ3n) is 4.53. The van der Waals surface area contributed by atoms with Crippen LogP contribution in [-0.2, 0) is 10.1 Å². The van der Waals surface area contributed by atoms with Crippen LogP contribution >= 0.6 is 0 Å². The summed E-state index contributed by atoms with van der Waals surface area (Å²) in [5.74, 6) is 0. The van der Waals surface area contributed by atoms with Crippen molar-refractivity contribution >= 4 is 10.1 Å². The molecule has 2 unspecified atom stereocenters. The predicted molar refractivity (Wildman–Crippen MR) is 95.5 cm³/mol. The van der Waals surface area contributed by atoms with E-state index in [-0.39, 0.29) is 35.7 Å². The van der Waals surface area contributed by atoms with Crippen LogP contribution in [0.2, 0.25) is 0 Å². The molecule has 0 bridgehead atoms. The smallest absolute Gasteiger partial charge is 0.748 e. The molecule has 0 rings (SSSR count). The van der Waals surface area contributed by atoms with E-state index in [0.717, 1.165) is 44.9 Å². The van der Waals surface area contributed by atoms with Crippen molar-refractivity contribution in [2.24, 2.45) is 0 Å². The van der Waals surface area contributed by atoms with Crippen LogP contribution in [0.25, 0.3) is 0 Å². The molecule has 0 aromatic heterocycles. The first kappa shape index (κ1) is 27.1. The van der Waals surface area contributed by atoms with Gasteiger partial charge >= 0.3 is 29.6 Å². The van der Waals surface area contributed by atoms with Crippen molar-refractivity contribution in [3.63, 3.8) is 0 Å². The molecule has 24 heavy (non-hydrogen) atoms. The van der Waals surface area contributed by atoms with Gasteiger partial charge in [-0.1, -0.05) is 77.6 Å². The number of rotatable bonds is 16.